The first-order valence-electron chi connectivity index (χ1n) is 13.0. The number of benzene rings is 2. The van der Waals surface area contributed by atoms with Crippen molar-refractivity contribution in [2.24, 2.45) is 0 Å². The maximum Gasteiger partial charge on any atom is 0.374 e. The number of ether oxygens (including phenoxy) is 1. The van der Waals surface area contributed by atoms with E-state index in [9.17, 15) is 25.9 Å². The highest BCUT2D eigenvalue weighted by molar-refractivity contribution is 7.85. The third kappa shape index (κ3) is 8.69. The van der Waals surface area contributed by atoms with E-state index in [1.807, 2.05) is 28.5 Å². The van der Waals surface area contributed by atoms with Crippen molar-refractivity contribution in [3.8, 4) is 5.75 Å². The molecule has 0 atom stereocenters. The van der Waals surface area contributed by atoms with Crippen LogP contribution in [0.25, 0.3) is 17.2 Å². The van der Waals surface area contributed by atoms with Crippen molar-refractivity contribution in [3.63, 3.8) is 0 Å². The number of hydrogen-bond donors (Lipinski definition) is 0. The highest BCUT2D eigenvalue weighted by atomic mass is 35.5. The Balaban J connectivity index is 1.65. The summed E-state index contributed by atoms with van der Waals surface area (Å²) in [4.78, 5) is 1.89. The molecular formula is C27H29Cl2N2O8S2-. The fourth-order valence-corrected chi connectivity index (χ4v) is 5.93. The predicted octanol–water partition coefficient (Wildman–Crippen LogP) is 5.21. The quantitative estimate of drug-likeness (QED) is 0.139. The molecule has 1 aliphatic rings. The number of hydrogen-bond acceptors (Lipinski definition) is 9. The number of unbranched alkanes of at least 4 members (excludes halogenated alkanes) is 2. The van der Waals surface area contributed by atoms with Crippen molar-refractivity contribution in [1.82, 2.24) is 0 Å². The van der Waals surface area contributed by atoms with E-state index in [-0.39, 0.29) is 12.8 Å². The minimum absolute atomic E-state index is 0.206. The van der Waals surface area contributed by atoms with Crippen LogP contribution in [0.2, 0.25) is 10.0 Å². The molecule has 3 aromatic rings. The van der Waals surface area contributed by atoms with Gasteiger partial charge in [-0.15, -0.1) is 0 Å². The summed E-state index contributed by atoms with van der Waals surface area (Å²) >= 11 is 12.5. The van der Waals surface area contributed by atoms with Crippen molar-refractivity contribution < 1.29 is 39.7 Å². The van der Waals surface area contributed by atoms with Crippen molar-refractivity contribution in [2.75, 3.05) is 23.0 Å². The van der Waals surface area contributed by atoms with Crippen LogP contribution in [0.4, 0.5) is 5.69 Å². The second-order valence-corrected chi connectivity index (χ2v) is 13.5. The lowest BCUT2D eigenvalue weighted by atomic mass is 10.1. The Morgan fingerprint density at radius 1 is 0.951 bits per heavy atom. The average molecular weight is 645 g/mol. The molecule has 2 heterocycles. The lowest BCUT2D eigenvalue weighted by Crippen LogP contribution is -2.35. The smallest absolute Gasteiger partial charge is 0.374 e. The summed E-state index contributed by atoms with van der Waals surface area (Å²) in [5, 5.41) is 1.03. The second-order valence-electron chi connectivity index (χ2n) is 9.56. The average Bonchev–Trinajstić information content (AvgIpc) is 3.39. The van der Waals surface area contributed by atoms with E-state index in [1.54, 1.807) is 36.4 Å². The number of fused-ring (bicyclic) bond motifs is 2. The molecule has 0 aliphatic carbocycles. The lowest BCUT2D eigenvalue weighted by molar-refractivity contribution is -0.678. The molecule has 10 nitrogen and oxygen atoms in total. The van der Waals surface area contributed by atoms with E-state index in [0.29, 0.717) is 65.5 Å². The van der Waals surface area contributed by atoms with Gasteiger partial charge in [0.05, 0.1) is 32.0 Å². The van der Waals surface area contributed by atoms with Gasteiger partial charge in [0.25, 0.3) is 5.52 Å². The van der Waals surface area contributed by atoms with Gasteiger partial charge >= 0.3 is 5.89 Å². The van der Waals surface area contributed by atoms with E-state index in [2.05, 4.69) is 0 Å². The first kappa shape index (κ1) is 31.3. The largest absolute Gasteiger partial charge is 0.748 e. The summed E-state index contributed by atoms with van der Waals surface area (Å²) in [5.41, 5.74) is 2.89. The molecule has 1 aliphatic heterocycles. The number of anilines is 1. The topological polar surface area (TPSA) is 144 Å². The van der Waals surface area contributed by atoms with E-state index >= 15 is 0 Å². The molecule has 2 aromatic carbocycles. The van der Waals surface area contributed by atoms with Gasteiger partial charge in [0, 0.05) is 46.7 Å². The Morgan fingerprint density at radius 3 is 2.29 bits per heavy atom. The van der Waals surface area contributed by atoms with Crippen molar-refractivity contribution in [2.45, 2.75) is 45.6 Å². The molecule has 0 radical (unpaired) electrons. The molecule has 0 fully saturated rings. The zero-order chi connectivity index (χ0) is 29.8. The van der Waals surface area contributed by atoms with Gasteiger partial charge in [-0.25, -0.2) is 16.8 Å². The summed E-state index contributed by atoms with van der Waals surface area (Å²) in [5.74, 6) is 0.716. The Morgan fingerprint density at radius 2 is 1.61 bits per heavy atom. The molecule has 1 aromatic heterocycles. The number of aryl methyl sites for hydroxylation is 1. The van der Waals surface area contributed by atoms with Gasteiger partial charge < -0.3 is 23.2 Å². The summed E-state index contributed by atoms with van der Waals surface area (Å²) in [6.45, 7) is 2.77. The van der Waals surface area contributed by atoms with Crippen LogP contribution in [-0.4, -0.2) is 44.0 Å². The Labute approximate surface area is 249 Å². The number of halogens is 2. The molecule has 0 saturated carbocycles. The van der Waals surface area contributed by atoms with Crippen LogP contribution in [0.3, 0.4) is 0 Å². The zero-order valence-electron chi connectivity index (χ0n) is 22.2. The highest BCUT2D eigenvalue weighted by Crippen LogP contribution is 2.41. The SMILES string of the molecule is CCC(/C=C1\Oc2ccc(Cl)cc2N1CCCCS(=O)(=O)[O-])=C\c1oc2ccc(Cl)cc2[n+]1CCCCS(=O)(=O)[O-]. The fourth-order valence-electron chi connectivity index (χ4n) is 4.49. The first-order valence-corrected chi connectivity index (χ1v) is 16.9. The summed E-state index contributed by atoms with van der Waals surface area (Å²) in [6, 6.07) is 10.4. The van der Waals surface area contributed by atoms with Crippen LogP contribution in [0.15, 0.2) is 58.3 Å². The van der Waals surface area contributed by atoms with Gasteiger partial charge in [0.2, 0.25) is 11.5 Å². The lowest BCUT2D eigenvalue weighted by Gasteiger charge is -2.19. The van der Waals surface area contributed by atoms with E-state index in [1.165, 1.54) is 0 Å². The maximum atomic E-state index is 11.0. The second kappa shape index (κ2) is 13.1. The predicted molar refractivity (Wildman–Crippen MR) is 155 cm³/mol. The number of aromatic nitrogens is 1. The third-order valence-electron chi connectivity index (χ3n) is 6.46. The Bertz CT molecular complexity index is 1700. The Hall–Kier alpha value is -2.61. The van der Waals surface area contributed by atoms with Crippen LogP contribution in [0.5, 0.6) is 5.75 Å². The monoisotopic (exact) mass is 643 g/mol. The van der Waals surface area contributed by atoms with Crippen LogP contribution in [-0.2, 0) is 26.8 Å². The first-order chi connectivity index (χ1) is 19.3. The van der Waals surface area contributed by atoms with E-state index in [0.717, 1.165) is 16.8 Å². The Kier molecular flexibility index (Phi) is 10.0. The van der Waals surface area contributed by atoms with Crippen molar-refractivity contribution >= 4 is 66.3 Å². The summed E-state index contributed by atoms with van der Waals surface area (Å²) in [7, 11) is -8.61. The molecule has 0 saturated heterocycles. The van der Waals surface area contributed by atoms with Gasteiger partial charge in [0.1, 0.15) is 0 Å². The summed E-state index contributed by atoms with van der Waals surface area (Å²) < 4.78 is 80.4. The molecular weight excluding hydrogens is 615 g/mol. The molecule has 41 heavy (non-hydrogen) atoms. The van der Waals surface area contributed by atoms with Crippen molar-refractivity contribution in [3.05, 3.63) is 69.9 Å². The van der Waals surface area contributed by atoms with Gasteiger partial charge in [0.15, 0.2) is 12.3 Å². The number of rotatable bonds is 13. The molecule has 4 rings (SSSR count). The van der Waals surface area contributed by atoms with Crippen LogP contribution in [0.1, 0.15) is 44.9 Å². The van der Waals surface area contributed by atoms with Gasteiger partial charge in [-0.05, 0) is 61.6 Å². The van der Waals surface area contributed by atoms with E-state index in [4.69, 9.17) is 32.4 Å². The van der Waals surface area contributed by atoms with Crippen LogP contribution in [0, 0.1) is 0 Å². The molecule has 222 valence electrons. The minimum Gasteiger partial charge on any atom is -0.748 e. The minimum atomic E-state index is -4.30. The van der Waals surface area contributed by atoms with E-state index < -0.39 is 31.7 Å². The normalized spacial score (nSPS) is 15.1. The molecule has 0 N–H and O–H groups in total. The standard InChI is InChI=1S/C27H30Cl2N2O8S2/c1-2-19(15-26-30(11-3-5-13-40(32,33)34)22-17-20(28)7-9-24(22)38-26)16-27-31(12-4-6-14-41(35,36)37)23-18-21(29)8-10-25(23)39-27/h7-10,15-18H,2-6,11-14H2,1H3,(H-,32,33,34,35,36,37)/p-1. The molecule has 14 heteroatoms. The molecule has 0 bridgehead atoms. The van der Waals surface area contributed by atoms with Crippen molar-refractivity contribution in [1.29, 1.82) is 0 Å². The molecule has 0 unspecified atom stereocenters. The highest BCUT2D eigenvalue weighted by Gasteiger charge is 2.27. The maximum absolute atomic E-state index is 11.0. The number of allylic oxidation sites excluding steroid dienone is 2. The zero-order valence-corrected chi connectivity index (χ0v) is 25.4. The molecule has 0 amide bonds. The summed E-state index contributed by atoms with van der Waals surface area (Å²) in [6.07, 6.45) is 5.58. The number of oxazole rings is 1. The van der Waals surface area contributed by atoms with Gasteiger partial charge in [-0.3, -0.25) is 0 Å². The van der Waals surface area contributed by atoms with Gasteiger partial charge in [-0.2, -0.15) is 4.57 Å². The van der Waals surface area contributed by atoms with Crippen LogP contribution < -0.4 is 14.2 Å². The third-order valence-corrected chi connectivity index (χ3v) is 8.51. The fraction of sp³-hybridized carbons (Fsp3) is 0.370. The van der Waals surface area contributed by atoms with Gasteiger partial charge in [-0.1, -0.05) is 30.1 Å². The molecule has 0 spiro atoms. The number of nitrogens with zero attached hydrogens (tertiary/aromatic N) is 2. The van der Waals surface area contributed by atoms with Crippen LogP contribution >= 0.6 is 23.2 Å².